The number of anilines is 2. The fourth-order valence-electron chi connectivity index (χ4n) is 3.66. The van der Waals surface area contributed by atoms with Crippen LogP contribution in [0.1, 0.15) is 42.8 Å². The third-order valence-corrected chi connectivity index (χ3v) is 5.30. The fraction of sp³-hybridized carbons (Fsp3) is 0.409. The molecular formula is C22H24F3N5O2. The van der Waals surface area contributed by atoms with E-state index >= 15 is 0 Å². The van der Waals surface area contributed by atoms with Crippen molar-refractivity contribution in [3.63, 3.8) is 0 Å². The van der Waals surface area contributed by atoms with Crippen LogP contribution in [0, 0.1) is 12.7 Å². The van der Waals surface area contributed by atoms with Gasteiger partial charge in [-0.2, -0.15) is 0 Å². The number of nitrogens with one attached hydrogen (secondary N) is 2. The highest BCUT2D eigenvalue weighted by molar-refractivity contribution is 5.89. The number of hydrogen-bond acceptors (Lipinski definition) is 7. The number of benzene rings is 1. The van der Waals surface area contributed by atoms with Gasteiger partial charge in [0.15, 0.2) is 17.2 Å². The first-order valence-corrected chi connectivity index (χ1v) is 10.3. The summed E-state index contributed by atoms with van der Waals surface area (Å²) in [6.07, 6.45) is -2.21. The molecule has 2 aromatic heterocycles. The van der Waals surface area contributed by atoms with E-state index in [4.69, 9.17) is 9.47 Å². The van der Waals surface area contributed by atoms with Crippen LogP contribution in [0.25, 0.3) is 11.0 Å². The lowest BCUT2D eigenvalue weighted by Crippen LogP contribution is -2.17. The zero-order valence-corrected chi connectivity index (χ0v) is 18.0. The van der Waals surface area contributed by atoms with Gasteiger partial charge in [-0.25, -0.2) is 28.1 Å². The van der Waals surface area contributed by atoms with Gasteiger partial charge < -0.3 is 20.1 Å². The number of ether oxygens (including phenoxy) is 2. The molecule has 170 valence electrons. The van der Waals surface area contributed by atoms with Crippen molar-refractivity contribution in [2.45, 2.75) is 38.8 Å². The highest BCUT2D eigenvalue weighted by Crippen LogP contribution is 2.34. The van der Waals surface area contributed by atoms with Crippen molar-refractivity contribution >= 4 is 22.7 Å². The lowest BCUT2D eigenvalue weighted by Gasteiger charge is -2.20. The van der Waals surface area contributed by atoms with Crippen LogP contribution in [0.4, 0.5) is 24.8 Å². The van der Waals surface area contributed by atoms with Crippen molar-refractivity contribution in [3.05, 3.63) is 47.0 Å². The molecule has 0 bridgehead atoms. The zero-order valence-electron chi connectivity index (χ0n) is 18.0. The van der Waals surface area contributed by atoms with Crippen LogP contribution in [0.5, 0.6) is 5.75 Å². The Hall–Kier alpha value is -3.14. The second kappa shape index (κ2) is 9.15. The standard InChI is InChI=1S/C22H24F3N5O2/c1-11(14-5-4-6-15(18(14)23)19(24)25)27-20-16-9-17(32-13-7-8-31-10-13)22(26-3)30-21(16)29-12(2)28-20/h4-6,9,11,13,19H,7-8,10H2,1-3H3,(H2,26,27,28,29,30)/t11-,13+/m1/s1. The highest BCUT2D eigenvalue weighted by atomic mass is 19.3. The molecule has 0 saturated carbocycles. The monoisotopic (exact) mass is 447 g/mol. The van der Waals surface area contributed by atoms with E-state index in [-0.39, 0.29) is 11.7 Å². The Labute approximate surface area is 183 Å². The number of halogens is 3. The Kier molecular flexibility index (Phi) is 6.31. The molecule has 0 spiro atoms. The van der Waals surface area contributed by atoms with Gasteiger partial charge in [-0.1, -0.05) is 18.2 Å². The van der Waals surface area contributed by atoms with E-state index < -0.39 is 23.8 Å². The van der Waals surface area contributed by atoms with Crippen LogP contribution in [0.15, 0.2) is 24.3 Å². The van der Waals surface area contributed by atoms with Crippen molar-refractivity contribution in [2.75, 3.05) is 30.9 Å². The number of fused-ring (bicyclic) bond motifs is 1. The van der Waals surface area contributed by atoms with Gasteiger partial charge in [0, 0.05) is 19.0 Å². The average Bonchev–Trinajstić information content (AvgIpc) is 3.26. The SMILES string of the molecule is CNc1nc2nc(C)nc(N[C@H](C)c3cccc(C(F)F)c3F)c2cc1O[C@H]1CCOC1. The molecule has 3 heterocycles. The van der Waals surface area contributed by atoms with Gasteiger partial charge in [0.05, 0.1) is 30.2 Å². The summed E-state index contributed by atoms with van der Waals surface area (Å²) >= 11 is 0. The molecule has 1 aromatic carbocycles. The Balaban J connectivity index is 1.72. The van der Waals surface area contributed by atoms with Crippen molar-refractivity contribution in [1.29, 1.82) is 0 Å². The van der Waals surface area contributed by atoms with Crippen LogP contribution in [0.2, 0.25) is 0 Å². The summed E-state index contributed by atoms with van der Waals surface area (Å²) in [4.78, 5) is 13.4. The van der Waals surface area contributed by atoms with E-state index in [0.717, 1.165) is 12.5 Å². The number of pyridine rings is 1. The third kappa shape index (κ3) is 4.40. The van der Waals surface area contributed by atoms with E-state index in [9.17, 15) is 13.2 Å². The summed E-state index contributed by atoms with van der Waals surface area (Å²) < 4.78 is 52.3. The minimum absolute atomic E-state index is 0.0887. The largest absolute Gasteiger partial charge is 0.484 e. The summed E-state index contributed by atoms with van der Waals surface area (Å²) in [5.74, 6) is 0.978. The normalized spacial score (nSPS) is 17.0. The van der Waals surface area contributed by atoms with Crippen LogP contribution >= 0.6 is 0 Å². The maximum atomic E-state index is 14.7. The summed E-state index contributed by atoms with van der Waals surface area (Å²) in [5.41, 5.74) is -0.0883. The van der Waals surface area contributed by atoms with Gasteiger partial charge in [0.1, 0.15) is 23.6 Å². The minimum atomic E-state index is -2.90. The van der Waals surface area contributed by atoms with E-state index in [0.29, 0.717) is 47.5 Å². The van der Waals surface area contributed by atoms with Crippen molar-refractivity contribution in [1.82, 2.24) is 15.0 Å². The minimum Gasteiger partial charge on any atom is -0.484 e. The van der Waals surface area contributed by atoms with Crippen LogP contribution in [-0.4, -0.2) is 41.3 Å². The Morgan fingerprint density at radius 1 is 1.16 bits per heavy atom. The Bertz CT molecular complexity index is 1120. The first-order chi connectivity index (χ1) is 15.4. The van der Waals surface area contributed by atoms with Crippen LogP contribution in [0.3, 0.4) is 0 Å². The molecule has 3 aromatic rings. The lowest BCUT2D eigenvalue weighted by atomic mass is 10.0. The Morgan fingerprint density at radius 2 is 1.94 bits per heavy atom. The molecule has 10 heteroatoms. The van der Waals surface area contributed by atoms with Gasteiger partial charge in [0.25, 0.3) is 6.43 Å². The predicted octanol–water partition coefficient (Wildman–Crippen LogP) is 4.79. The van der Waals surface area contributed by atoms with E-state index in [1.165, 1.54) is 12.1 Å². The third-order valence-electron chi connectivity index (χ3n) is 5.30. The van der Waals surface area contributed by atoms with E-state index in [1.807, 2.05) is 0 Å². The number of aromatic nitrogens is 3. The number of rotatable bonds is 7. The molecular weight excluding hydrogens is 423 g/mol. The van der Waals surface area contributed by atoms with Gasteiger partial charge in [-0.05, 0) is 19.9 Å². The topological polar surface area (TPSA) is 81.2 Å². The van der Waals surface area contributed by atoms with Crippen LogP contribution < -0.4 is 15.4 Å². The number of nitrogens with zero attached hydrogens (tertiary/aromatic N) is 3. The molecule has 1 fully saturated rings. The molecule has 32 heavy (non-hydrogen) atoms. The average molecular weight is 447 g/mol. The lowest BCUT2D eigenvalue weighted by molar-refractivity contribution is 0.141. The molecule has 2 atom stereocenters. The molecule has 1 aliphatic rings. The van der Waals surface area contributed by atoms with Gasteiger partial charge in [-0.15, -0.1) is 0 Å². The van der Waals surface area contributed by atoms with Crippen molar-refractivity contribution < 1.29 is 22.6 Å². The maximum absolute atomic E-state index is 14.7. The van der Waals surface area contributed by atoms with Gasteiger partial charge in [-0.3, -0.25) is 0 Å². The van der Waals surface area contributed by atoms with Crippen LogP contribution in [-0.2, 0) is 4.74 Å². The summed E-state index contributed by atoms with van der Waals surface area (Å²) in [6, 6.07) is 5.11. The van der Waals surface area contributed by atoms with E-state index in [1.54, 1.807) is 27.0 Å². The first kappa shape index (κ1) is 22.1. The number of hydrogen-bond donors (Lipinski definition) is 2. The zero-order chi connectivity index (χ0) is 22.8. The molecule has 0 unspecified atom stereocenters. The molecule has 4 rings (SSSR count). The van der Waals surface area contributed by atoms with Gasteiger partial charge >= 0.3 is 0 Å². The molecule has 0 radical (unpaired) electrons. The summed E-state index contributed by atoms with van der Waals surface area (Å²) in [7, 11) is 1.74. The molecule has 0 amide bonds. The molecule has 2 N–H and O–H groups in total. The fourth-order valence-corrected chi connectivity index (χ4v) is 3.66. The van der Waals surface area contributed by atoms with Crippen molar-refractivity contribution in [3.8, 4) is 5.75 Å². The van der Waals surface area contributed by atoms with Gasteiger partial charge in [0.2, 0.25) is 0 Å². The molecule has 0 aliphatic carbocycles. The molecule has 7 nitrogen and oxygen atoms in total. The molecule has 1 saturated heterocycles. The number of aryl methyl sites for hydroxylation is 1. The molecule has 1 aliphatic heterocycles. The second-order valence-electron chi connectivity index (χ2n) is 7.60. The smallest absolute Gasteiger partial charge is 0.266 e. The number of alkyl halides is 2. The summed E-state index contributed by atoms with van der Waals surface area (Å²) in [5, 5.41) is 6.71. The Morgan fingerprint density at radius 3 is 2.62 bits per heavy atom. The highest BCUT2D eigenvalue weighted by Gasteiger charge is 2.23. The maximum Gasteiger partial charge on any atom is 0.266 e. The summed E-state index contributed by atoms with van der Waals surface area (Å²) in [6.45, 7) is 4.53. The quantitative estimate of drug-likeness (QED) is 0.539. The first-order valence-electron chi connectivity index (χ1n) is 10.3. The predicted molar refractivity (Wildman–Crippen MR) is 115 cm³/mol. The second-order valence-corrected chi connectivity index (χ2v) is 7.60. The van der Waals surface area contributed by atoms with E-state index in [2.05, 4.69) is 25.6 Å². The van der Waals surface area contributed by atoms with Crippen molar-refractivity contribution in [2.24, 2.45) is 0 Å².